The smallest absolute Gasteiger partial charge is 0.422 e. The Bertz CT molecular complexity index is 272. The number of alkyl halides is 3. The molecule has 0 atom stereocenters. The van der Waals surface area contributed by atoms with E-state index in [1.54, 1.807) is 0 Å². The minimum absolute atomic E-state index is 0.105. The highest BCUT2D eigenvalue weighted by Crippen LogP contribution is 2.19. The maximum Gasteiger partial charge on any atom is 0.422 e. The highest BCUT2D eigenvalue weighted by Gasteiger charge is 2.38. The van der Waals surface area contributed by atoms with Crippen LogP contribution in [-0.2, 0) is 9.53 Å². The van der Waals surface area contributed by atoms with E-state index in [9.17, 15) is 22.8 Å². The Balaban J connectivity index is 2.24. The molecule has 0 aromatic carbocycles. The van der Waals surface area contributed by atoms with Crippen LogP contribution in [0.1, 0.15) is 0 Å². The zero-order chi connectivity index (χ0) is 11.6. The van der Waals surface area contributed by atoms with E-state index < -0.39 is 30.8 Å². The van der Waals surface area contributed by atoms with Crippen molar-refractivity contribution in [3.8, 4) is 0 Å². The van der Waals surface area contributed by atoms with E-state index in [1.807, 2.05) is 0 Å². The van der Waals surface area contributed by atoms with E-state index in [1.165, 1.54) is 0 Å². The molecular formula is C7H8F3NO4. The van der Waals surface area contributed by atoms with Crippen molar-refractivity contribution in [3.63, 3.8) is 0 Å². The van der Waals surface area contributed by atoms with Gasteiger partial charge in [-0.25, -0.2) is 4.79 Å². The van der Waals surface area contributed by atoms with E-state index in [2.05, 4.69) is 4.74 Å². The zero-order valence-electron chi connectivity index (χ0n) is 7.45. The summed E-state index contributed by atoms with van der Waals surface area (Å²) in [5.41, 5.74) is 0. The van der Waals surface area contributed by atoms with Crippen molar-refractivity contribution >= 4 is 12.1 Å². The predicted octanol–water partition coefficient (Wildman–Crippen LogP) is 0.702. The van der Waals surface area contributed by atoms with E-state index in [0.29, 0.717) is 0 Å². The molecule has 8 heteroatoms. The number of hydrogen-bond donors (Lipinski definition) is 1. The minimum atomic E-state index is -4.56. The summed E-state index contributed by atoms with van der Waals surface area (Å²) in [6.07, 6.45) is -5.70. The van der Waals surface area contributed by atoms with Crippen LogP contribution >= 0.6 is 0 Å². The number of carboxylic acid groups (broad SMARTS) is 1. The molecule has 0 aromatic heterocycles. The lowest BCUT2D eigenvalue weighted by atomic mass is 10.0. The van der Waals surface area contributed by atoms with Gasteiger partial charge in [0.1, 0.15) is 0 Å². The second-order valence-corrected chi connectivity index (χ2v) is 3.11. The molecule has 1 rings (SSSR count). The maximum atomic E-state index is 11.6. The summed E-state index contributed by atoms with van der Waals surface area (Å²) in [5.74, 6) is -1.78. The molecule has 5 nitrogen and oxygen atoms in total. The lowest BCUT2D eigenvalue weighted by Crippen LogP contribution is -2.53. The van der Waals surface area contributed by atoms with Gasteiger partial charge in [0.25, 0.3) is 0 Å². The number of carbonyl (C=O) groups excluding carboxylic acids is 1. The van der Waals surface area contributed by atoms with Crippen LogP contribution in [0.5, 0.6) is 0 Å². The van der Waals surface area contributed by atoms with Crippen molar-refractivity contribution in [1.29, 1.82) is 0 Å². The summed E-state index contributed by atoms with van der Waals surface area (Å²) in [6, 6.07) is 0. The molecule has 1 amide bonds. The summed E-state index contributed by atoms with van der Waals surface area (Å²) in [7, 11) is 0. The van der Waals surface area contributed by atoms with Crippen LogP contribution in [-0.4, -0.2) is 47.9 Å². The molecule has 1 aliphatic rings. The Morgan fingerprint density at radius 1 is 1.40 bits per heavy atom. The Kier molecular flexibility index (Phi) is 3.06. The monoisotopic (exact) mass is 227 g/mol. The van der Waals surface area contributed by atoms with Gasteiger partial charge in [-0.1, -0.05) is 0 Å². The van der Waals surface area contributed by atoms with Crippen LogP contribution in [0, 0.1) is 5.92 Å². The highest BCUT2D eigenvalue weighted by atomic mass is 19.4. The summed E-state index contributed by atoms with van der Waals surface area (Å²) >= 11 is 0. The fraction of sp³-hybridized carbons (Fsp3) is 0.714. The normalized spacial score (nSPS) is 17.1. The van der Waals surface area contributed by atoms with E-state index in [-0.39, 0.29) is 13.1 Å². The molecule has 0 aliphatic carbocycles. The fourth-order valence-corrected chi connectivity index (χ4v) is 1.02. The van der Waals surface area contributed by atoms with Crippen molar-refractivity contribution < 1.29 is 32.6 Å². The van der Waals surface area contributed by atoms with Gasteiger partial charge >= 0.3 is 18.2 Å². The van der Waals surface area contributed by atoms with Crippen LogP contribution in [0.2, 0.25) is 0 Å². The average molecular weight is 227 g/mol. The summed E-state index contributed by atoms with van der Waals surface area (Å²) in [4.78, 5) is 22.1. The van der Waals surface area contributed by atoms with Gasteiger partial charge in [0.15, 0.2) is 6.61 Å². The average Bonchev–Trinajstić information content (AvgIpc) is 1.95. The lowest BCUT2D eigenvalue weighted by molar-refractivity contribution is -0.165. The minimum Gasteiger partial charge on any atom is -0.481 e. The zero-order valence-corrected chi connectivity index (χ0v) is 7.45. The molecule has 0 unspecified atom stereocenters. The number of aliphatic carboxylic acids is 1. The van der Waals surface area contributed by atoms with E-state index in [4.69, 9.17) is 5.11 Å². The van der Waals surface area contributed by atoms with Crippen LogP contribution in [0.25, 0.3) is 0 Å². The Morgan fingerprint density at radius 3 is 2.33 bits per heavy atom. The number of ether oxygens (including phenoxy) is 1. The van der Waals surface area contributed by atoms with Crippen molar-refractivity contribution in [2.45, 2.75) is 6.18 Å². The van der Waals surface area contributed by atoms with Gasteiger partial charge in [0.05, 0.1) is 5.92 Å². The number of halogens is 3. The molecule has 0 radical (unpaired) electrons. The van der Waals surface area contributed by atoms with Crippen LogP contribution < -0.4 is 0 Å². The first-order valence-corrected chi connectivity index (χ1v) is 4.01. The number of rotatable bonds is 2. The molecule has 0 bridgehead atoms. The Morgan fingerprint density at radius 2 is 1.93 bits per heavy atom. The van der Waals surface area contributed by atoms with Crippen molar-refractivity contribution in [3.05, 3.63) is 0 Å². The Labute approximate surface area is 82.4 Å². The van der Waals surface area contributed by atoms with Crippen molar-refractivity contribution in [2.24, 2.45) is 5.92 Å². The molecule has 1 aliphatic heterocycles. The number of likely N-dealkylation sites (tertiary alicyclic amines) is 1. The molecule has 0 saturated carbocycles. The third kappa shape index (κ3) is 3.30. The van der Waals surface area contributed by atoms with Crippen LogP contribution in [0.3, 0.4) is 0 Å². The molecule has 1 fully saturated rings. The van der Waals surface area contributed by atoms with Gasteiger partial charge < -0.3 is 14.7 Å². The standard InChI is InChI=1S/C7H8F3NO4/c8-7(9,10)3-15-6(14)11-1-4(2-11)5(12)13/h4H,1-3H2,(H,12,13). The van der Waals surface area contributed by atoms with Gasteiger partial charge in [-0.05, 0) is 0 Å². The molecule has 1 heterocycles. The number of amides is 1. The number of nitrogens with zero attached hydrogens (tertiary/aromatic N) is 1. The quantitative estimate of drug-likeness (QED) is 0.754. The predicted molar refractivity (Wildman–Crippen MR) is 40.1 cm³/mol. The number of carbonyl (C=O) groups is 2. The Hall–Kier alpha value is -1.47. The first kappa shape index (κ1) is 11.6. The van der Waals surface area contributed by atoms with Crippen LogP contribution in [0.15, 0.2) is 0 Å². The third-order valence-corrected chi connectivity index (χ3v) is 1.85. The topological polar surface area (TPSA) is 66.8 Å². The largest absolute Gasteiger partial charge is 0.481 e. The molecular weight excluding hydrogens is 219 g/mol. The fourth-order valence-electron chi connectivity index (χ4n) is 1.02. The molecule has 1 N–H and O–H groups in total. The SMILES string of the molecule is O=C(O)C1CN(C(=O)OCC(F)(F)F)C1. The maximum absolute atomic E-state index is 11.6. The van der Waals surface area contributed by atoms with Crippen LogP contribution in [0.4, 0.5) is 18.0 Å². The first-order chi connectivity index (χ1) is 6.79. The lowest BCUT2D eigenvalue weighted by Gasteiger charge is -2.35. The molecule has 0 spiro atoms. The number of carboxylic acids is 1. The summed E-state index contributed by atoms with van der Waals surface area (Å²) in [5, 5.41) is 8.43. The van der Waals surface area contributed by atoms with E-state index >= 15 is 0 Å². The van der Waals surface area contributed by atoms with Crippen molar-refractivity contribution in [1.82, 2.24) is 4.90 Å². The third-order valence-electron chi connectivity index (χ3n) is 1.85. The van der Waals surface area contributed by atoms with E-state index in [0.717, 1.165) is 4.90 Å². The van der Waals surface area contributed by atoms with Gasteiger partial charge in [-0.15, -0.1) is 0 Å². The summed E-state index contributed by atoms with van der Waals surface area (Å²) < 4.78 is 38.8. The second-order valence-electron chi connectivity index (χ2n) is 3.11. The van der Waals surface area contributed by atoms with Crippen molar-refractivity contribution in [2.75, 3.05) is 19.7 Å². The molecule has 15 heavy (non-hydrogen) atoms. The molecule has 86 valence electrons. The summed E-state index contributed by atoms with van der Waals surface area (Å²) in [6.45, 7) is -1.86. The second kappa shape index (κ2) is 3.95. The first-order valence-electron chi connectivity index (χ1n) is 4.01. The van der Waals surface area contributed by atoms with Gasteiger partial charge in [0, 0.05) is 13.1 Å². The molecule has 1 saturated heterocycles. The van der Waals surface area contributed by atoms with Gasteiger partial charge in [-0.3, -0.25) is 4.79 Å². The molecule has 0 aromatic rings. The van der Waals surface area contributed by atoms with Gasteiger partial charge in [0.2, 0.25) is 0 Å². The highest BCUT2D eigenvalue weighted by molar-refractivity contribution is 5.76. The van der Waals surface area contributed by atoms with Gasteiger partial charge in [-0.2, -0.15) is 13.2 Å². The number of hydrogen-bond acceptors (Lipinski definition) is 3.